The fourth-order valence-electron chi connectivity index (χ4n) is 8.39. The lowest BCUT2D eigenvalue weighted by Crippen LogP contribution is -2.61. The Balaban J connectivity index is 2.69. The Hall–Kier alpha value is -5.71. The molecule has 22 heteroatoms. The zero-order valence-corrected chi connectivity index (χ0v) is 44.3. The molecule has 1 aliphatic rings. The summed E-state index contributed by atoms with van der Waals surface area (Å²) >= 11 is 0. The maximum atomic E-state index is 14.4. The van der Waals surface area contributed by atoms with Crippen molar-refractivity contribution in [3.05, 3.63) is 35.9 Å². The van der Waals surface area contributed by atoms with Crippen LogP contribution < -0.4 is 70.8 Å². The Morgan fingerprint density at radius 3 is 1.48 bits per heavy atom. The molecule has 17 N–H and O–H groups in total. The number of rotatable bonds is 23. The molecule has 9 atom stereocenters. The van der Waals surface area contributed by atoms with Crippen molar-refractivity contribution >= 4 is 53.2 Å². The van der Waals surface area contributed by atoms with Crippen LogP contribution in [0.25, 0.3) is 0 Å². The van der Waals surface area contributed by atoms with Gasteiger partial charge in [-0.1, -0.05) is 98.1 Å². The lowest BCUT2D eigenvalue weighted by molar-refractivity contribution is -0.136. The van der Waals surface area contributed by atoms with E-state index in [9.17, 15) is 43.2 Å². The number of nitrogens with one attached hydrogen (secondary N) is 9. The van der Waals surface area contributed by atoms with Crippen LogP contribution in [-0.4, -0.2) is 134 Å². The summed E-state index contributed by atoms with van der Waals surface area (Å²) in [7, 11) is 0. The van der Waals surface area contributed by atoms with Crippen molar-refractivity contribution in [1.82, 2.24) is 47.9 Å². The van der Waals surface area contributed by atoms with E-state index < -0.39 is 95.6 Å². The quantitative estimate of drug-likeness (QED) is 0.0625. The topological polar surface area (TPSA) is 366 Å². The molecule has 1 saturated heterocycles. The van der Waals surface area contributed by atoms with Gasteiger partial charge < -0.3 is 70.8 Å². The SMILES string of the molecule is CC(C)CCCC(C)CC(=O)N[C@H](CCN)C(=O)N[C@H]1CCNC(=O)[C@H](CC(C)C)NC(=O)[C@H](CCN)NC(=O)[C@H](CCN)NC(=O)[C@H](Cc2ccccc2)NC(=O)[C@@H](CC(C)C)NC(=O)[C@H](CCN)NC1=O. The minimum Gasteiger partial charge on any atom is -0.354 e. The second-order valence-corrected chi connectivity index (χ2v) is 20.5. The third-order valence-corrected chi connectivity index (χ3v) is 12.3. The van der Waals surface area contributed by atoms with Crippen LogP contribution in [-0.2, 0) is 49.6 Å². The first-order valence-corrected chi connectivity index (χ1v) is 26.2. The number of hydrogen-bond donors (Lipinski definition) is 13. The third kappa shape index (κ3) is 24.3. The van der Waals surface area contributed by atoms with E-state index in [4.69, 9.17) is 22.9 Å². The van der Waals surface area contributed by atoms with Crippen LogP contribution in [0.2, 0.25) is 0 Å². The summed E-state index contributed by atoms with van der Waals surface area (Å²) in [4.78, 5) is 126. The lowest BCUT2D eigenvalue weighted by atomic mass is 9.97. The van der Waals surface area contributed by atoms with Gasteiger partial charge in [-0.15, -0.1) is 0 Å². The van der Waals surface area contributed by atoms with Gasteiger partial charge in [0.25, 0.3) is 0 Å². The lowest BCUT2D eigenvalue weighted by Gasteiger charge is -2.28. The van der Waals surface area contributed by atoms with E-state index in [1.165, 1.54) is 0 Å². The number of carbonyl (C=O) groups is 9. The standard InChI is InChI=1S/C51H89N13O9/c1-30(2)12-11-13-33(7)28-43(65)57-35(16-21-52)45(67)61-39-20-25-56-44(66)40(26-31(3)4)62-47(69)37(18-23-54)58-46(68)36(17-22-53)60-51(73)42(29-34-14-9-8-10-15-34)64-50(72)41(27-32(5)6)63-48(70)38(19-24-55)59-49(39)71/h8-10,14-15,30-33,35-42H,11-13,16-29,52-55H2,1-7H3,(H,56,66)(H,57,65)(H,58,68)(H,59,71)(H,60,73)(H,61,67)(H,62,69)(H,63,70)(H,64,72)/t33?,35-,36+,37+,38+,39+,40+,41-,42+/m1/s1. The van der Waals surface area contributed by atoms with E-state index in [-0.39, 0.29) is 114 Å². The molecule has 1 heterocycles. The molecule has 1 aromatic rings. The Labute approximate surface area is 432 Å². The highest BCUT2D eigenvalue weighted by atomic mass is 16.2. The third-order valence-electron chi connectivity index (χ3n) is 12.3. The summed E-state index contributed by atoms with van der Waals surface area (Å²) in [5.74, 6) is -6.05. The first-order chi connectivity index (χ1) is 34.6. The molecule has 0 aromatic heterocycles. The molecule has 73 heavy (non-hydrogen) atoms. The number of hydrogen-bond acceptors (Lipinski definition) is 13. The van der Waals surface area contributed by atoms with Crippen molar-refractivity contribution in [2.24, 2.45) is 46.6 Å². The van der Waals surface area contributed by atoms with Crippen molar-refractivity contribution in [1.29, 1.82) is 0 Å². The second-order valence-electron chi connectivity index (χ2n) is 20.5. The predicted octanol–water partition coefficient (Wildman–Crippen LogP) is -1.03. The zero-order chi connectivity index (χ0) is 54.6. The predicted molar refractivity (Wildman–Crippen MR) is 279 cm³/mol. The highest BCUT2D eigenvalue weighted by Crippen LogP contribution is 2.16. The maximum absolute atomic E-state index is 14.4. The molecule has 1 aliphatic heterocycles. The van der Waals surface area contributed by atoms with Crippen LogP contribution in [0.3, 0.4) is 0 Å². The van der Waals surface area contributed by atoms with E-state index in [1.807, 2.05) is 34.6 Å². The van der Waals surface area contributed by atoms with Crippen LogP contribution in [0.5, 0.6) is 0 Å². The number of benzene rings is 1. The highest BCUT2D eigenvalue weighted by Gasteiger charge is 2.35. The van der Waals surface area contributed by atoms with Crippen LogP contribution in [0.15, 0.2) is 30.3 Å². The first kappa shape index (κ1) is 63.4. The summed E-state index contributed by atoms with van der Waals surface area (Å²) in [5, 5.41) is 24.5. The summed E-state index contributed by atoms with van der Waals surface area (Å²) in [6.07, 6.45) is 2.79. The molecule has 0 radical (unpaired) electrons. The molecule has 1 aromatic carbocycles. The highest BCUT2D eigenvalue weighted by molar-refractivity contribution is 5.98. The molecule has 1 fully saturated rings. The Bertz CT molecular complexity index is 1920. The van der Waals surface area contributed by atoms with Gasteiger partial charge in [0.2, 0.25) is 53.2 Å². The second kappa shape index (κ2) is 33.9. The minimum atomic E-state index is -1.41. The smallest absolute Gasteiger partial charge is 0.243 e. The van der Waals surface area contributed by atoms with Gasteiger partial charge in [-0.25, -0.2) is 0 Å². The molecule has 412 valence electrons. The van der Waals surface area contributed by atoms with Crippen LogP contribution in [0.4, 0.5) is 0 Å². The van der Waals surface area contributed by atoms with Gasteiger partial charge in [0, 0.05) is 19.4 Å². The maximum Gasteiger partial charge on any atom is 0.243 e. The Morgan fingerprint density at radius 2 is 1.00 bits per heavy atom. The van der Waals surface area contributed by atoms with Crippen molar-refractivity contribution in [3.8, 4) is 0 Å². The van der Waals surface area contributed by atoms with Crippen LogP contribution >= 0.6 is 0 Å². The fourth-order valence-corrected chi connectivity index (χ4v) is 8.39. The molecule has 22 nitrogen and oxygen atoms in total. The summed E-state index contributed by atoms with van der Waals surface area (Å²) in [6.45, 7) is 13.2. The molecular formula is C51H89N13O9. The van der Waals surface area contributed by atoms with E-state index in [0.29, 0.717) is 11.5 Å². The van der Waals surface area contributed by atoms with E-state index in [2.05, 4.69) is 61.7 Å². The van der Waals surface area contributed by atoms with Gasteiger partial charge >= 0.3 is 0 Å². The molecule has 0 saturated carbocycles. The largest absolute Gasteiger partial charge is 0.354 e. The minimum absolute atomic E-state index is 0.0177. The van der Waals surface area contributed by atoms with Crippen LogP contribution in [0.1, 0.15) is 125 Å². The normalized spacial score (nSPS) is 23.3. The number of carbonyl (C=O) groups excluding carboxylic acids is 9. The monoisotopic (exact) mass is 1030 g/mol. The van der Waals surface area contributed by atoms with Gasteiger partial charge in [-0.05, 0) is 100 Å². The number of amides is 9. The first-order valence-electron chi connectivity index (χ1n) is 26.2. The fraction of sp³-hybridized carbons (Fsp3) is 0.706. The Kier molecular flexibility index (Phi) is 29.5. The van der Waals surface area contributed by atoms with Gasteiger partial charge in [0.15, 0.2) is 0 Å². The van der Waals surface area contributed by atoms with Crippen molar-refractivity contribution in [2.75, 3.05) is 32.7 Å². The Morgan fingerprint density at radius 1 is 0.548 bits per heavy atom. The van der Waals surface area contributed by atoms with E-state index in [1.54, 1.807) is 30.3 Å². The van der Waals surface area contributed by atoms with Gasteiger partial charge in [-0.2, -0.15) is 0 Å². The summed E-state index contributed by atoms with van der Waals surface area (Å²) in [5.41, 5.74) is 24.3. The van der Waals surface area contributed by atoms with Gasteiger partial charge in [-0.3, -0.25) is 43.2 Å². The molecular weight excluding hydrogens is 939 g/mol. The van der Waals surface area contributed by atoms with Gasteiger partial charge in [0.05, 0.1) is 0 Å². The molecule has 9 amide bonds. The van der Waals surface area contributed by atoms with Crippen LogP contribution in [0, 0.1) is 23.7 Å². The van der Waals surface area contributed by atoms with E-state index in [0.717, 1.165) is 19.3 Å². The van der Waals surface area contributed by atoms with Crippen molar-refractivity contribution in [3.63, 3.8) is 0 Å². The van der Waals surface area contributed by atoms with E-state index >= 15 is 0 Å². The van der Waals surface area contributed by atoms with Crippen molar-refractivity contribution < 1.29 is 43.2 Å². The summed E-state index contributed by atoms with van der Waals surface area (Å²) < 4.78 is 0. The molecule has 1 unspecified atom stereocenters. The van der Waals surface area contributed by atoms with Gasteiger partial charge in [0.1, 0.15) is 48.3 Å². The molecule has 2 rings (SSSR count). The van der Waals surface area contributed by atoms with Crippen molar-refractivity contribution in [2.45, 2.75) is 174 Å². The zero-order valence-electron chi connectivity index (χ0n) is 44.3. The average molecular weight is 1030 g/mol. The molecule has 0 spiro atoms. The molecule has 0 aliphatic carbocycles. The average Bonchev–Trinajstić information content (AvgIpc) is 3.31. The molecule has 0 bridgehead atoms. The summed E-state index contributed by atoms with van der Waals surface area (Å²) in [6, 6.07) is -1.25. The number of nitrogens with two attached hydrogens (primary N) is 4.